The van der Waals surface area contributed by atoms with Gasteiger partial charge in [-0.15, -0.1) is 0 Å². The molecule has 1 fully saturated rings. The first-order valence-electron chi connectivity index (χ1n) is 7.17. The van der Waals surface area contributed by atoms with Gasteiger partial charge in [0.1, 0.15) is 0 Å². The minimum Gasteiger partial charge on any atom is -0.481 e. The third-order valence-corrected chi connectivity index (χ3v) is 4.53. The molecule has 1 aromatic carbocycles. The number of nitrogens with one attached hydrogen (secondary N) is 1. The number of rotatable bonds is 4. The summed E-state index contributed by atoms with van der Waals surface area (Å²) in [5, 5.41) is 12.7. The topological polar surface area (TPSA) is 66.4 Å². The van der Waals surface area contributed by atoms with Crippen molar-refractivity contribution < 1.29 is 14.7 Å². The number of carboxylic acid groups (broad SMARTS) is 1. The van der Waals surface area contributed by atoms with Gasteiger partial charge in [-0.3, -0.25) is 9.59 Å². The Morgan fingerprint density at radius 1 is 1.29 bits per heavy atom. The smallest absolute Gasteiger partial charge is 0.307 e. The third kappa shape index (κ3) is 3.56. The van der Waals surface area contributed by atoms with Crippen LogP contribution in [0, 0.1) is 17.8 Å². The van der Waals surface area contributed by atoms with Gasteiger partial charge in [0.2, 0.25) is 5.91 Å². The molecule has 0 bridgehead atoms. The van der Waals surface area contributed by atoms with Gasteiger partial charge in [-0.1, -0.05) is 36.7 Å². The van der Waals surface area contributed by atoms with Gasteiger partial charge in [0.25, 0.3) is 0 Å². The number of benzene rings is 1. The van der Waals surface area contributed by atoms with E-state index in [0.29, 0.717) is 17.9 Å². The van der Waals surface area contributed by atoms with Gasteiger partial charge in [-0.05, 0) is 37.3 Å². The van der Waals surface area contributed by atoms with Crippen molar-refractivity contribution in [1.82, 2.24) is 5.32 Å². The summed E-state index contributed by atoms with van der Waals surface area (Å²) < 4.78 is 0. The van der Waals surface area contributed by atoms with Crippen LogP contribution in [0.5, 0.6) is 0 Å². The monoisotopic (exact) mass is 309 g/mol. The molecule has 114 valence electrons. The molecule has 0 spiro atoms. The van der Waals surface area contributed by atoms with Crippen molar-refractivity contribution in [2.24, 2.45) is 17.8 Å². The van der Waals surface area contributed by atoms with Crippen LogP contribution >= 0.6 is 11.6 Å². The lowest BCUT2D eigenvalue weighted by molar-refractivity contribution is -0.146. The Hall–Kier alpha value is -1.55. The molecule has 2 N–H and O–H groups in total. The van der Waals surface area contributed by atoms with Crippen LogP contribution in [0.4, 0.5) is 0 Å². The molecule has 1 saturated carbocycles. The second-order valence-electron chi connectivity index (χ2n) is 5.88. The summed E-state index contributed by atoms with van der Waals surface area (Å²) in [6.45, 7) is 3.84. The molecule has 0 saturated heterocycles. The zero-order valence-corrected chi connectivity index (χ0v) is 12.9. The number of carbonyl (C=O) groups is 2. The molecule has 0 radical (unpaired) electrons. The summed E-state index contributed by atoms with van der Waals surface area (Å²) in [5.41, 5.74) is 0.838. The van der Waals surface area contributed by atoms with E-state index in [1.807, 2.05) is 32.0 Å². The molecule has 4 nitrogen and oxygen atoms in total. The Kier molecular flexibility index (Phi) is 4.88. The molecule has 21 heavy (non-hydrogen) atoms. The van der Waals surface area contributed by atoms with Crippen LogP contribution in [0.15, 0.2) is 24.3 Å². The number of amides is 1. The van der Waals surface area contributed by atoms with E-state index in [-0.39, 0.29) is 17.9 Å². The fourth-order valence-corrected chi connectivity index (χ4v) is 3.38. The molecule has 0 aliphatic heterocycles. The van der Waals surface area contributed by atoms with Crippen molar-refractivity contribution in [3.05, 3.63) is 34.9 Å². The van der Waals surface area contributed by atoms with E-state index in [1.165, 1.54) is 0 Å². The first-order valence-corrected chi connectivity index (χ1v) is 7.55. The van der Waals surface area contributed by atoms with Gasteiger partial charge in [-0.25, -0.2) is 0 Å². The summed E-state index contributed by atoms with van der Waals surface area (Å²) in [6.07, 6.45) is 1.19. The number of aliphatic carboxylic acids is 1. The third-order valence-electron chi connectivity index (χ3n) is 4.18. The highest BCUT2D eigenvalue weighted by molar-refractivity contribution is 6.31. The van der Waals surface area contributed by atoms with Gasteiger partial charge >= 0.3 is 5.97 Å². The zero-order valence-electron chi connectivity index (χ0n) is 12.2. The fraction of sp³-hybridized carbons (Fsp3) is 0.500. The zero-order chi connectivity index (χ0) is 15.6. The molecule has 4 atom stereocenters. The Bertz CT molecular complexity index is 546. The summed E-state index contributed by atoms with van der Waals surface area (Å²) in [5.74, 6) is -1.86. The molecular formula is C16H20ClNO3. The van der Waals surface area contributed by atoms with Crippen LogP contribution in [0.2, 0.25) is 5.02 Å². The summed E-state index contributed by atoms with van der Waals surface area (Å²) >= 11 is 6.12. The van der Waals surface area contributed by atoms with Gasteiger partial charge in [0, 0.05) is 5.02 Å². The Morgan fingerprint density at radius 2 is 1.90 bits per heavy atom. The molecular weight excluding hydrogens is 290 g/mol. The maximum atomic E-state index is 12.4. The van der Waals surface area contributed by atoms with Crippen LogP contribution < -0.4 is 5.32 Å². The SMILES string of the molecule is CC1CC(C(=O)O)C(C(=O)N[C@H](C)c2ccccc2Cl)C1. The highest BCUT2D eigenvalue weighted by Crippen LogP contribution is 2.37. The summed E-state index contributed by atoms with van der Waals surface area (Å²) in [7, 11) is 0. The highest BCUT2D eigenvalue weighted by Gasteiger charge is 2.41. The highest BCUT2D eigenvalue weighted by atomic mass is 35.5. The van der Waals surface area contributed by atoms with Gasteiger partial charge in [0.05, 0.1) is 17.9 Å². The largest absolute Gasteiger partial charge is 0.481 e. The lowest BCUT2D eigenvalue weighted by atomic mass is 9.94. The summed E-state index contributed by atoms with van der Waals surface area (Å²) in [6, 6.07) is 7.09. The number of carboxylic acids is 1. The average molecular weight is 310 g/mol. The van der Waals surface area contributed by atoms with Crippen molar-refractivity contribution >= 4 is 23.5 Å². The predicted molar refractivity (Wildman–Crippen MR) is 81.0 cm³/mol. The molecule has 1 aliphatic carbocycles. The minimum atomic E-state index is -0.884. The fourth-order valence-electron chi connectivity index (χ4n) is 3.08. The van der Waals surface area contributed by atoms with Crippen LogP contribution in [0.25, 0.3) is 0 Å². The molecule has 5 heteroatoms. The Labute approximate surface area is 129 Å². The first kappa shape index (κ1) is 15.8. The Balaban J connectivity index is 2.07. The van der Waals surface area contributed by atoms with Crippen molar-refractivity contribution in [2.45, 2.75) is 32.7 Å². The van der Waals surface area contributed by atoms with E-state index >= 15 is 0 Å². The van der Waals surface area contributed by atoms with E-state index in [2.05, 4.69) is 5.32 Å². The van der Waals surface area contributed by atoms with E-state index in [4.69, 9.17) is 11.6 Å². The number of hydrogen-bond donors (Lipinski definition) is 2. The maximum Gasteiger partial charge on any atom is 0.307 e. The Morgan fingerprint density at radius 3 is 2.52 bits per heavy atom. The predicted octanol–water partition coefficient (Wildman–Crippen LogP) is 3.26. The molecule has 1 aliphatic rings. The van der Waals surface area contributed by atoms with Crippen molar-refractivity contribution in [2.75, 3.05) is 0 Å². The molecule has 0 aromatic heterocycles. The van der Waals surface area contributed by atoms with E-state index in [9.17, 15) is 14.7 Å². The van der Waals surface area contributed by atoms with E-state index in [1.54, 1.807) is 6.07 Å². The second kappa shape index (κ2) is 6.48. The number of hydrogen-bond acceptors (Lipinski definition) is 2. The molecule has 1 amide bonds. The lowest BCUT2D eigenvalue weighted by Crippen LogP contribution is -2.36. The first-order chi connectivity index (χ1) is 9.90. The molecule has 3 unspecified atom stereocenters. The minimum absolute atomic E-state index is 0.195. The molecule has 1 aromatic rings. The average Bonchev–Trinajstić information content (AvgIpc) is 2.81. The standard InChI is InChI=1S/C16H20ClNO3/c1-9-7-12(13(8-9)16(20)21)15(19)18-10(2)11-5-3-4-6-14(11)17/h3-6,9-10,12-13H,7-8H2,1-2H3,(H,18,19)(H,20,21)/t9?,10-,12?,13?/m1/s1. The van der Waals surface area contributed by atoms with Crippen molar-refractivity contribution in [3.8, 4) is 0 Å². The van der Waals surface area contributed by atoms with Crippen molar-refractivity contribution in [1.29, 1.82) is 0 Å². The van der Waals surface area contributed by atoms with Crippen LogP contribution in [0.3, 0.4) is 0 Å². The summed E-state index contributed by atoms with van der Waals surface area (Å²) in [4.78, 5) is 23.7. The van der Waals surface area contributed by atoms with Crippen LogP contribution in [0.1, 0.15) is 38.3 Å². The number of carbonyl (C=O) groups excluding carboxylic acids is 1. The van der Waals surface area contributed by atoms with E-state index < -0.39 is 17.8 Å². The maximum absolute atomic E-state index is 12.4. The van der Waals surface area contributed by atoms with E-state index in [0.717, 1.165) is 5.56 Å². The molecule has 0 heterocycles. The lowest BCUT2D eigenvalue weighted by Gasteiger charge is -2.20. The number of halogens is 1. The van der Waals surface area contributed by atoms with Crippen molar-refractivity contribution in [3.63, 3.8) is 0 Å². The van der Waals surface area contributed by atoms with Gasteiger partial charge in [-0.2, -0.15) is 0 Å². The van der Waals surface area contributed by atoms with Gasteiger partial charge < -0.3 is 10.4 Å². The second-order valence-corrected chi connectivity index (χ2v) is 6.29. The van der Waals surface area contributed by atoms with Crippen LogP contribution in [-0.2, 0) is 9.59 Å². The molecule has 2 rings (SSSR count). The van der Waals surface area contributed by atoms with Crippen LogP contribution in [-0.4, -0.2) is 17.0 Å². The van der Waals surface area contributed by atoms with Gasteiger partial charge in [0.15, 0.2) is 0 Å². The normalized spacial score (nSPS) is 26.3. The quantitative estimate of drug-likeness (QED) is 0.897.